The van der Waals surface area contributed by atoms with Gasteiger partial charge in [0.1, 0.15) is 13.2 Å². The summed E-state index contributed by atoms with van der Waals surface area (Å²) in [6.45, 7) is 1.50. The summed E-state index contributed by atoms with van der Waals surface area (Å²) < 4.78 is 10.4. The molecule has 4 rings (SSSR count). The van der Waals surface area contributed by atoms with Crippen molar-refractivity contribution in [2.24, 2.45) is 0 Å². The van der Waals surface area contributed by atoms with E-state index in [0.29, 0.717) is 25.9 Å². The number of ether oxygens (including phenoxy) is 2. The number of carbonyl (C=O) groups excluding carboxylic acids is 4. The van der Waals surface area contributed by atoms with Crippen molar-refractivity contribution in [1.29, 1.82) is 0 Å². The number of amides is 4. The van der Waals surface area contributed by atoms with Gasteiger partial charge in [-0.25, -0.2) is 9.59 Å². The molecule has 274 valence electrons. The molecule has 10 nitrogen and oxygen atoms in total. The summed E-state index contributed by atoms with van der Waals surface area (Å²) in [5.74, 6) is -0.0529. The maximum Gasteiger partial charge on any atom is 0.407 e. The van der Waals surface area contributed by atoms with Crippen LogP contribution in [-0.2, 0) is 45.1 Å². The Kier molecular flexibility index (Phi) is 17.3. The van der Waals surface area contributed by atoms with Gasteiger partial charge in [0.05, 0.1) is 0 Å². The highest BCUT2D eigenvalue weighted by Crippen LogP contribution is 2.16. The summed E-state index contributed by atoms with van der Waals surface area (Å²) in [7, 11) is 0. The van der Waals surface area contributed by atoms with Gasteiger partial charge >= 0.3 is 12.2 Å². The SMILES string of the molecule is O=C(CCCCCNC(=O)OCc1ccccc1)Nc1ccc(CCc2ccc(NC(=O)CCCCCNC(=O)OCc3ccccc3)cc2)cc1. The van der Waals surface area contributed by atoms with E-state index in [0.717, 1.165) is 73.9 Å². The van der Waals surface area contributed by atoms with Gasteiger partial charge in [0.15, 0.2) is 0 Å². The summed E-state index contributed by atoms with van der Waals surface area (Å²) >= 11 is 0. The zero-order chi connectivity index (χ0) is 36.6. The Morgan fingerprint density at radius 2 is 0.808 bits per heavy atom. The van der Waals surface area contributed by atoms with Crippen LogP contribution in [0, 0.1) is 0 Å². The van der Waals surface area contributed by atoms with Crippen molar-refractivity contribution in [3.63, 3.8) is 0 Å². The van der Waals surface area contributed by atoms with Gasteiger partial charge in [0.25, 0.3) is 0 Å². The first-order valence-electron chi connectivity index (χ1n) is 18.1. The molecule has 0 aliphatic carbocycles. The second-order valence-corrected chi connectivity index (χ2v) is 12.6. The summed E-state index contributed by atoms with van der Waals surface area (Å²) in [5, 5.41) is 11.4. The molecule has 0 aliphatic rings. The van der Waals surface area contributed by atoms with E-state index in [-0.39, 0.29) is 25.0 Å². The van der Waals surface area contributed by atoms with Gasteiger partial charge < -0.3 is 30.7 Å². The molecule has 4 aromatic rings. The lowest BCUT2D eigenvalue weighted by atomic mass is 10.0. The summed E-state index contributed by atoms with van der Waals surface area (Å²) in [4.78, 5) is 48.4. The minimum atomic E-state index is -0.435. The number of anilines is 2. The second-order valence-electron chi connectivity index (χ2n) is 12.6. The monoisotopic (exact) mass is 706 g/mol. The van der Waals surface area contributed by atoms with Gasteiger partial charge in [-0.3, -0.25) is 9.59 Å². The molecule has 52 heavy (non-hydrogen) atoms. The van der Waals surface area contributed by atoms with Crippen molar-refractivity contribution in [2.75, 3.05) is 23.7 Å². The smallest absolute Gasteiger partial charge is 0.407 e. The zero-order valence-corrected chi connectivity index (χ0v) is 29.7. The third kappa shape index (κ3) is 16.4. The summed E-state index contributed by atoms with van der Waals surface area (Å²) in [6, 6.07) is 34.9. The van der Waals surface area contributed by atoms with Gasteiger partial charge in [-0.05, 0) is 85.0 Å². The fraction of sp³-hybridized carbons (Fsp3) is 0.333. The Labute approximate surface area is 306 Å². The largest absolute Gasteiger partial charge is 0.445 e. The van der Waals surface area contributed by atoms with Crippen LogP contribution in [0.15, 0.2) is 109 Å². The fourth-order valence-electron chi connectivity index (χ4n) is 5.35. The molecule has 4 N–H and O–H groups in total. The van der Waals surface area contributed by atoms with Crippen molar-refractivity contribution >= 4 is 35.4 Å². The third-order valence-corrected chi connectivity index (χ3v) is 8.30. The lowest BCUT2D eigenvalue weighted by molar-refractivity contribution is -0.117. The third-order valence-electron chi connectivity index (χ3n) is 8.30. The molecule has 0 saturated carbocycles. The van der Waals surface area contributed by atoms with Crippen molar-refractivity contribution < 1.29 is 28.7 Å². The Hall–Kier alpha value is -5.64. The number of hydrogen-bond donors (Lipinski definition) is 4. The molecule has 4 aromatic carbocycles. The van der Waals surface area contributed by atoms with E-state index in [1.807, 2.05) is 109 Å². The predicted octanol–water partition coefficient (Wildman–Crippen LogP) is 8.32. The maximum absolute atomic E-state index is 12.4. The number of carbonyl (C=O) groups is 4. The average molecular weight is 707 g/mol. The first-order chi connectivity index (χ1) is 25.4. The highest BCUT2D eigenvalue weighted by atomic mass is 16.6. The Balaban J connectivity index is 0.994. The number of aryl methyl sites for hydroxylation is 2. The van der Waals surface area contributed by atoms with Crippen LogP contribution in [-0.4, -0.2) is 37.1 Å². The van der Waals surface area contributed by atoms with Gasteiger partial charge in [-0.1, -0.05) is 97.8 Å². The van der Waals surface area contributed by atoms with Gasteiger partial charge in [-0.15, -0.1) is 0 Å². The van der Waals surface area contributed by atoms with Gasteiger partial charge in [0.2, 0.25) is 11.8 Å². The Bertz CT molecular complexity index is 1520. The quantitative estimate of drug-likeness (QED) is 0.0644. The average Bonchev–Trinajstić information content (AvgIpc) is 3.17. The molecule has 10 heteroatoms. The van der Waals surface area contributed by atoms with E-state index in [1.165, 1.54) is 11.1 Å². The fourth-order valence-corrected chi connectivity index (χ4v) is 5.35. The van der Waals surface area contributed by atoms with Crippen molar-refractivity contribution in [3.8, 4) is 0 Å². The molecule has 0 fully saturated rings. The number of nitrogens with one attached hydrogen (secondary N) is 4. The van der Waals surface area contributed by atoms with Gasteiger partial charge in [-0.2, -0.15) is 0 Å². The highest BCUT2D eigenvalue weighted by Gasteiger charge is 2.07. The zero-order valence-electron chi connectivity index (χ0n) is 29.7. The van der Waals surface area contributed by atoms with Gasteiger partial charge in [0, 0.05) is 37.3 Å². The highest BCUT2D eigenvalue weighted by molar-refractivity contribution is 5.91. The van der Waals surface area contributed by atoms with Crippen LogP contribution < -0.4 is 21.3 Å². The number of benzene rings is 4. The minimum Gasteiger partial charge on any atom is -0.445 e. The van der Waals surface area contributed by atoms with Crippen molar-refractivity contribution in [3.05, 3.63) is 131 Å². The molecular weight excluding hydrogens is 656 g/mol. The number of unbranched alkanes of at least 4 members (excludes halogenated alkanes) is 4. The van der Waals surface area contributed by atoms with Crippen LogP contribution in [0.1, 0.15) is 73.6 Å². The molecule has 0 unspecified atom stereocenters. The molecule has 0 saturated heterocycles. The molecule has 0 spiro atoms. The lowest BCUT2D eigenvalue weighted by Gasteiger charge is -2.09. The van der Waals surface area contributed by atoms with Crippen molar-refractivity contribution in [2.45, 2.75) is 77.4 Å². The molecule has 0 heterocycles. The summed E-state index contributed by atoms with van der Waals surface area (Å²) in [5.41, 5.74) is 5.77. The van der Waals surface area contributed by atoms with E-state index in [9.17, 15) is 19.2 Å². The molecular formula is C42H50N4O6. The Morgan fingerprint density at radius 1 is 0.423 bits per heavy atom. The van der Waals surface area contributed by atoms with Crippen LogP contribution in [0.2, 0.25) is 0 Å². The van der Waals surface area contributed by atoms with Crippen LogP contribution in [0.4, 0.5) is 21.0 Å². The predicted molar refractivity (Wildman–Crippen MR) is 204 cm³/mol. The standard InChI is InChI=1S/C42H50N4O6/c47-39(17-9-3-11-29-43-41(49)51-31-35-13-5-1-6-14-35)45-37-25-21-33(22-26-37)19-20-34-23-27-38(28-24-34)46-40(48)18-10-4-12-30-44-42(50)52-32-36-15-7-2-8-16-36/h1-2,5-8,13-16,21-28H,3-4,9-12,17-20,29-32H2,(H,43,49)(H,44,50)(H,45,47)(H,46,48). The van der Waals surface area contributed by atoms with E-state index >= 15 is 0 Å². The molecule has 0 aliphatic heterocycles. The van der Waals surface area contributed by atoms with Crippen molar-refractivity contribution in [1.82, 2.24) is 10.6 Å². The normalized spacial score (nSPS) is 10.5. The van der Waals surface area contributed by atoms with E-state index in [4.69, 9.17) is 9.47 Å². The molecule has 0 bridgehead atoms. The van der Waals surface area contributed by atoms with Crippen LogP contribution in [0.5, 0.6) is 0 Å². The summed E-state index contributed by atoms with van der Waals surface area (Å²) in [6.07, 6.45) is 6.36. The van der Waals surface area contributed by atoms with E-state index in [2.05, 4.69) is 21.3 Å². The number of hydrogen-bond acceptors (Lipinski definition) is 6. The second kappa shape index (κ2) is 23.0. The van der Waals surface area contributed by atoms with Crippen LogP contribution in [0.25, 0.3) is 0 Å². The maximum atomic E-state index is 12.4. The van der Waals surface area contributed by atoms with E-state index in [1.54, 1.807) is 0 Å². The van der Waals surface area contributed by atoms with E-state index < -0.39 is 12.2 Å². The first-order valence-corrected chi connectivity index (χ1v) is 18.1. The molecule has 0 atom stereocenters. The first kappa shape index (κ1) is 39.2. The number of rotatable bonds is 21. The van der Waals surface area contributed by atoms with Crippen LogP contribution >= 0.6 is 0 Å². The molecule has 0 radical (unpaired) electrons. The van der Waals surface area contributed by atoms with Crippen LogP contribution in [0.3, 0.4) is 0 Å². The molecule has 0 aromatic heterocycles. The number of alkyl carbamates (subject to hydrolysis) is 2. The Morgan fingerprint density at radius 3 is 1.19 bits per heavy atom. The minimum absolute atomic E-state index is 0.0265. The molecule has 4 amide bonds. The lowest BCUT2D eigenvalue weighted by Crippen LogP contribution is -2.25. The topological polar surface area (TPSA) is 135 Å².